The molecule has 2 heteroatoms. The molecule has 0 amide bonds. The van der Waals surface area contributed by atoms with E-state index in [1.165, 1.54) is 37.7 Å². The molecule has 1 saturated heterocycles. The first-order valence-corrected chi connectivity index (χ1v) is 9.09. The molecular formula is C20H31NO. The summed E-state index contributed by atoms with van der Waals surface area (Å²) in [5.74, 6) is 1.25. The molecule has 1 saturated carbocycles. The summed E-state index contributed by atoms with van der Waals surface area (Å²) in [6, 6.07) is 10.7. The predicted octanol–water partition coefficient (Wildman–Crippen LogP) is 4.09. The molecule has 1 aromatic carbocycles. The molecule has 0 spiro atoms. The first-order chi connectivity index (χ1) is 10.6. The Bertz CT molecular complexity index is 454. The lowest BCUT2D eigenvalue weighted by atomic mass is 9.63. The maximum absolute atomic E-state index is 11.5. The minimum atomic E-state index is -0.451. The van der Waals surface area contributed by atoms with Crippen LogP contribution in [-0.2, 0) is 6.54 Å². The Morgan fingerprint density at radius 3 is 2.18 bits per heavy atom. The van der Waals surface area contributed by atoms with Crippen molar-refractivity contribution in [2.75, 3.05) is 13.1 Å². The minimum absolute atomic E-state index is 0.364. The van der Waals surface area contributed by atoms with Gasteiger partial charge in [-0.15, -0.1) is 0 Å². The maximum Gasteiger partial charge on any atom is 0.0750 e. The zero-order valence-corrected chi connectivity index (χ0v) is 14.2. The summed E-state index contributed by atoms with van der Waals surface area (Å²) >= 11 is 0. The van der Waals surface area contributed by atoms with Crippen LogP contribution >= 0.6 is 0 Å². The molecule has 122 valence electrons. The molecule has 0 bridgehead atoms. The van der Waals surface area contributed by atoms with Gasteiger partial charge in [-0.1, -0.05) is 63.4 Å². The number of aliphatic hydroxyl groups is 1. The van der Waals surface area contributed by atoms with E-state index in [0.717, 1.165) is 19.6 Å². The highest BCUT2D eigenvalue weighted by Gasteiger charge is 2.49. The average Bonchev–Trinajstić information content (AvgIpc) is 2.54. The van der Waals surface area contributed by atoms with Gasteiger partial charge in [-0.05, 0) is 36.2 Å². The van der Waals surface area contributed by atoms with E-state index >= 15 is 0 Å². The number of likely N-dealkylation sites (tertiary alicyclic amines) is 1. The molecule has 3 rings (SSSR count). The van der Waals surface area contributed by atoms with Crippen molar-refractivity contribution in [2.45, 2.75) is 58.1 Å². The van der Waals surface area contributed by atoms with E-state index in [1.54, 1.807) is 0 Å². The van der Waals surface area contributed by atoms with E-state index in [0.29, 0.717) is 17.8 Å². The van der Waals surface area contributed by atoms with Crippen LogP contribution in [0.15, 0.2) is 30.3 Å². The highest BCUT2D eigenvalue weighted by Crippen LogP contribution is 2.44. The van der Waals surface area contributed by atoms with Gasteiger partial charge in [0.1, 0.15) is 0 Å². The molecule has 2 fully saturated rings. The second-order valence-electron chi connectivity index (χ2n) is 7.70. The number of hydrogen-bond donors (Lipinski definition) is 1. The van der Waals surface area contributed by atoms with E-state index in [-0.39, 0.29) is 0 Å². The summed E-state index contributed by atoms with van der Waals surface area (Å²) < 4.78 is 0. The third-order valence-corrected chi connectivity index (χ3v) is 6.15. The Morgan fingerprint density at radius 1 is 1.00 bits per heavy atom. The number of benzene rings is 1. The third-order valence-electron chi connectivity index (χ3n) is 6.15. The summed E-state index contributed by atoms with van der Waals surface area (Å²) in [7, 11) is 0. The Kier molecular flexibility index (Phi) is 4.89. The van der Waals surface area contributed by atoms with Crippen LogP contribution in [0.5, 0.6) is 0 Å². The zero-order chi connectivity index (χ0) is 15.6. The molecule has 1 N–H and O–H groups in total. The molecule has 22 heavy (non-hydrogen) atoms. The molecule has 0 radical (unpaired) electrons. The normalized spacial score (nSPS) is 34.7. The Morgan fingerprint density at radius 2 is 1.59 bits per heavy atom. The fourth-order valence-corrected chi connectivity index (χ4v) is 4.97. The topological polar surface area (TPSA) is 23.5 Å². The molecule has 1 aliphatic carbocycles. The first-order valence-electron chi connectivity index (χ1n) is 9.09. The summed E-state index contributed by atoms with van der Waals surface area (Å²) in [6.07, 6.45) is 6.42. The third kappa shape index (κ3) is 3.09. The second kappa shape index (κ2) is 6.72. The van der Waals surface area contributed by atoms with Crippen molar-refractivity contribution in [3.05, 3.63) is 35.9 Å². The maximum atomic E-state index is 11.5. The van der Waals surface area contributed by atoms with Crippen molar-refractivity contribution in [2.24, 2.45) is 17.8 Å². The van der Waals surface area contributed by atoms with Crippen LogP contribution < -0.4 is 0 Å². The molecule has 0 aromatic heterocycles. The van der Waals surface area contributed by atoms with Crippen LogP contribution in [0.1, 0.15) is 51.5 Å². The van der Waals surface area contributed by atoms with Crippen LogP contribution in [0.3, 0.4) is 0 Å². The van der Waals surface area contributed by atoms with Gasteiger partial charge in [-0.3, -0.25) is 4.90 Å². The molecule has 1 aromatic rings. The van der Waals surface area contributed by atoms with Crippen LogP contribution in [0.4, 0.5) is 0 Å². The number of hydrogen-bond acceptors (Lipinski definition) is 2. The predicted molar refractivity (Wildman–Crippen MR) is 91.6 cm³/mol. The minimum Gasteiger partial charge on any atom is -0.389 e. The van der Waals surface area contributed by atoms with Gasteiger partial charge in [0.05, 0.1) is 5.60 Å². The molecule has 2 nitrogen and oxygen atoms in total. The van der Waals surface area contributed by atoms with Crippen LogP contribution in [0.2, 0.25) is 0 Å². The molecule has 0 unspecified atom stereocenters. The van der Waals surface area contributed by atoms with Gasteiger partial charge in [0.15, 0.2) is 0 Å². The van der Waals surface area contributed by atoms with E-state index in [4.69, 9.17) is 0 Å². The van der Waals surface area contributed by atoms with E-state index < -0.39 is 5.60 Å². The molecule has 3 atom stereocenters. The fourth-order valence-electron chi connectivity index (χ4n) is 4.97. The highest BCUT2D eigenvalue weighted by atomic mass is 16.3. The fraction of sp³-hybridized carbons (Fsp3) is 0.700. The lowest BCUT2D eigenvalue weighted by molar-refractivity contribution is -0.152. The van der Waals surface area contributed by atoms with Gasteiger partial charge in [-0.25, -0.2) is 0 Å². The lowest BCUT2D eigenvalue weighted by Gasteiger charge is -2.52. The Balaban J connectivity index is 1.68. The number of rotatable bonds is 3. The van der Waals surface area contributed by atoms with Crippen molar-refractivity contribution < 1.29 is 5.11 Å². The van der Waals surface area contributed by atoms with Gasteiger partial charge in [0.2, 0.25) is 0 Å². The van der Waals surface area contributed by atoms with Gasteiger partial charge in [0.25, 0.3) is 0 Å². The SMILES string of the molecule is C[C@@H]1CN(Cc2ccccc2)C[C@H](C)[C@@]1(O)C1CCCCC1. The van der Waals surface area contributed by atoms with Crippen molar-refractivity contribution in [3.63, 3.8) is 0 Å². The Labute approximate surface area is 135 Å². The largest absolute Gasteiger partial charge is 0.389 e. The van der Waals surface area contributed by atoms with Gasteiger partial charge in [0, 0.05) is 19.6 Å². The molecule has 2 aliphatic rings. The van der Waals surface area contributed by atoms with Crippen LogP contribution in [-0.4, -0.2) is 28.7 Å². The standard InChI is InChI=1S/C20H31NO/c1-16-13-21(15-18-9-5-3-6-10-18)14-17(2)20(16,22)19-11-7-4-8-12-19/h3,5-6,9-10,16-17,19,22H,4,7-8,11-15H2,1-2H3/t16-,17+,20-. The smallest absolute Gasteiger partial charge is 0.0750 e. The molecule has 1 heterocycles. The quantitative estimate of drug-likeness (QED) is 0.909. The van der Waals surface area contributed by atoms with E-state index in [2.05, 4.69) is 49.1 Å². The van der Waals surface area contributed by atoms with Crippen LogP contribution in [0, 0.1) is 17.8 Å². The summed E-state index contributed by atoms with van der Waals surface area (Å²) in [6.45, 7) is 7.58. The van der Waals surface area contributed by atoms with E-state index in [1.807, 2.05) is 0 Å². The van der Waals surface area contributed by atoms with Gasteiger partial charge >= 0.3 is 0 Å². The summed E-state index contributed by atoms with van der Waals surface area (Å²) in [4.78, 5) is 2.53. The zero-order valence-electron chi connectivity index (χ0n) is 14.2. The van der Waals surface area contributed by atoms with E-state index in [9.17, 15) is 5.11 Å². The van der Waals surface area contributed by atoms with Crippen molar-refractivity contribution >= 4 is 0 Å². The second-order valence-corrected chi connectivity index (χ2v) is 7.70. The monoisotopic (exact) mass is 301 g/mol. The van der Waals surface area contributed by atoms with Crippen LogP contribution in [0.25, 0.3) is 0 Å². The molecular weight excluding hydrogens is 270 g/mol. The highest BCUT2D eigenvalue weighted by molar-refractivity contribution is 5.15. The summed E-state index contributed by atoms with van der Waals surface area (Å²) in [5, 5.41) is 11.5. The Hall–Kier alpha value is -0.860. The number of nitrogens with zero attached hydrogens (tertiary/aromatic N) is 1. The molecule has 1 aliphatic heterocycles. The lowest BCUT2D eigenvalue weighted by Crippen LogP contribution is -2.60. The van der Waals surface area contributed by atoms with Crippen molar-refractivity contribution in [1.29, 1.82) is 0 Å². The van der Waals surface area contributed by atoms with Crippen molar-refractivity contribution in [3.8, 4) is 0 Å². The van der Waals surface area contributed by atoms with Gasteiger partial charge < -0.3 is 5.11 Å². The summed E-state index contributed by atoms with van der Waals surface area (Å²) in [5.41, 5.74) is 0.929. The number of piperidine rings is 1. The van der Waals surface area contributed by atoms with Gasteiger partial charge in [-0.2, -0.15) is 0 Å². The average molecular weight is 301 g/mol. The van der Waals surface area contributed by atoms with Crippen molar-refractivity contribution in [1.82, 2.24) is 4.90 Å². The first kappa shape index (κ1) is 16.0.